The second-order valence-electron chi connectivity index (χ2n) is 11.0. The van der Waals surface area contributed by atoms with Gasteiger partial charge >= 0.3 is 5.97 Å². The highest BCUT2D eigenvalue weighted by Crippen LogP contribution is 2.36. The van der Waals surface area contributed by atoms with E-state index in [-0.39, 0.29) is 5.04 Å². The van der Waals surface area contributed by atoms with Crippen LogP contribution >= 0.6 is 0 Å². The average molecular weight is 588 g/mol. The quantitative estimate of drug-likeness (QED) is 0.0761. The summed E-state index contributed by atoms with van der Waals surface area (Å²) < 4.78 is 22.5. The normalized spacial score (nSPS) is 12.3. The van der Waals surface area contributed by atoms with Gasteiger partial charge in [0.15, 0.2) is 11.5 Å². The van der Waals surface area contributed by atoms with E-state index >= 15 is 0 Å². The third kappa shape index (κ3) is 8.36. The number of allylic oxidation sites excluding steroid dienone is 1. The van der Waals surface area contributed by atoms with Crippen molar-refractivity contribution in [3.63, 3.8) is 0 Å². The molecule has 0 heterocycles. The van der Waals surface area contributed by atoms with Gasteiger partial charge < -0.3 is 24.0 Å². The second-order valence-corrected chi connectivity index (χ2v) is 15.3. The SMILES string of the molecule is COC(=O)/C=C(\NCCCC/C=C\CO[Si](c1ccccc1)(c1ccccc1)C(C)(C)C)c1ccc(OC)c(OC)c1. The van der Waals surface area contributed by atoms with Gasteiger partial charge in [-0.2, -0.15) is 0 Å². The van der Waals surface area contributed by atoms with Crippen LogP contribution in [0.1, 0.15) is 45.6 Å². The van der Waals surface area contributed by atoms with Gasteiger partial charge in [0.25, 0.3) is 8.32 Å². The smallest absolute Gasteiger partial charge is 0.332 e. The molecule has 0 fully saturated rings. The third-order valence-corrected chi connectivity index (χ3v) is 12.3. The van der Waals surface area contributed by atoms with Crippen LogP contribution in [0.4, 0.5) is 0 Å². The van der Waals surface area contributed by atoms with Gasteiger partial charge in [0, 0.05) is 23.9 Å². The van der Waals surface area contributed by atoms with E-state index in [0.29, 0.717) is 30.3 Å². The zero-order valence-electron chi connectivity index (χ0n) is 25.8. The summed E-state index contributed by atoms with van der Waals surface area (Å²) >= 11 is 0. The maximum absolute atomic E-state index is 12.0. The van der Waals surface area contributed by atoms with Crippen LogP contribution in [-0.2, 0) is 14.0 Å². The van der Waals surface area contributed by atoms with Crippen molar-refractivity contribution < 1.29 is 23.4 Å². The number of benzene rings is 3. The first kappa shape index (κ1) is 32.7. The monoisotopic (exact) mass is 587 g/mol. The Kier molecular flexibility index (Phi) is 12.4. The van der Waals surface area contributed by atoms with Gasteiger partial charge in [0.1, 0.15) is 0 Å². The van der Waals surface area contributed by atoms with E-state index in [1.54, 1.807) is 14.2 Å². The number of carbonyl (C=O) groups excluding carboxylic acids is 1. The van der Waals surface area contributed by atoms with Crippen molar-refractivity contribution in [2.75, 3.05) is 34.5 Å². The van der Waals surface area contributed by atoms with Crippen LogP contribution < -0.4 is 25.2 Å². The van der Waals surface area contributed by atoms with Crippen LogP contribution in [0, 0.1) is 0 Å². The van der Waals surface area contributed by atoms with Gasteiger partial charge in [-0.1, -0.05) is 93.6 Å². The molecule has 42 heavy (non-hydrogen) atoms. The summed E-state index contributed by atoms with van der Waals surface area (Å²) in [7, 11) is 2.03. The maximum atomic E-state index is 12.0. The number of carbonyl (C=O) groups is 1. The molecule has 3 rings (SSSR count). The largest absolute Gasteiger partial charge is 0.493 e. The predicted molar refractivity (Wildman–Crippen MR) is 174 cm³/mol. The van der Waals surface area contributed by atoms with E-state index in [1.807, 2.05) is 18.2 Å². The lowest BCUT2D eigenvalue weighted by Crippen LogP contribution is -2.66. The molecule has 0 radical (unpaired) electrons. The molecule has 3 aromatic rings. The Morgan fingerprint density at radius 1 is 0.810 bits per heavy atom. The van der Waals surface area contributed by atoms with Crippen molar-refractivity contribution in [3.05, 3.63) is 103 Å². The fraction of sp³-hybridized carbons (Fsp3) is 0.343. The number of hydrogen-bond acceptors (Lipinski definition) is 6. The van der Waals surface area contributed by atoms with Crippen molar-refractivity contribution in [2.45, 2.75) is 45.1 Å². The molecule has 0 unspecified atom stereocenters. The summed E-state index contributed by atoms with van der Waals surface area (Å²) in [5.41, 5.74) is 1.50. The van der Waals surface area contributed by atoms with E-state index in [9.17, 15) is 4.79 Å². The van der Waals surface area contributed by atoms with Crippen LogP contribution in [0.3, 0.4) is 0 Å². The standard InChI is InChI=1S/C35H45NO5Si/c1-35(2,3)42(29-18-12-10-13-19-29,30-20-14-11-15-21-30)41-25-17-9-7-8-16-24-36-31(27-34(37)40-6)28-22-23-32(38-4)33(26-28)39-5/h9-15,17-23,26-27,36H,7-8,16,24-25H2,1-6H3/b17-9-,31-27-. The van der Waals surface area contributed by atoms with Gasteiger partial charge in [-0.05, 0) is 52.9 Å². The molecule has 0 saturated heterocycles. The lowest BCUT2D eigenvalue weighted by Gasteiger charge is -2.42. The molecule has 0 aliphatic heterocycles. The number of nitrogens with one attached hydrogen (secondary N) is 1. The van der Waals surface area contributed by atoms with Crippen molar-refractivity contribution in [2.24, 2.45) is 0 Å². The molecule has 7 heteroatoms. The molecule has 3 aromatic carbocycles. The summed E-state index contributed by atoms with van der Waals surface area (Å²) in [4.78, 5) is 12.0. The lowest BCUT2D eigenvalue weighted by molar-refractivity contribution is -0.134. The summed E-state index contributed by atoms with van der Waals surface area (Å²) in [6.07, 6.45) is 8.70. The van der Waals surface area contributed by atoms with Crippen molar-refractivity contribution in [1.29, 1.82) is 0 Å². The number of methoxy groups -OCH3 is 3. The minimum atomic E-state index is -2.53. The fourth-order valence-corrected chi connectivity index (χ4v) is 9.65. The Labute approximate surface area is 252 Å². The topological polar surface area (TPSA) is 66.0 Å². The first-order chi connectivity index (χ1) is 20.3. The number of esters is 1. The highest BCUT2D eigenvalue weighted by Gasteiger charge is 2.49. The summed E-state index contributed by atoms with van der Waals surface area (Å²) in [6, 6.07) is 27.0. The average Bonchev–Trinajstić information content (AvgIpc) is 3.01. The molecule has 224 valence electrons. The highest BCUT2D eigenvalue weighted by atomic mass is 28.4. The van der Waals surface area contributed by atoms with Gasteiger partial charge in [-0.25, -0.2) is 4.79 Å². The van der Waals surface area contributed by atoms with Crippen LogP contribution in [0.5, 0.6) is 11.5 Å². The Bertz CT molecular complexity index is 1280. The van der Waals surface area contributed by atoms with E-state index < -0.39 is 14.3 Å². The van der Waals surface area contributed by atoms with Gasteiger partial charge in [-0.15, -0.1) is 0 Å². The second kappa shape index (κ2) is 16.0. The molecule has 6 nitrogen and oxygen atoms in total. The first-order valence-electron chi connectivity index (χ1n) is 14.4. The summed E-state index contributed by atoms with van der Waals surface area (Å²) in [5, 5.41) is 5.91. The molecule has 1 N–H and O–H groups in total. The number of rotatable bonds is 15. The molecule has 0 bridgehead atoms. The van der Waals surface area contributed by atoms with E-state index in [2.05, 4.69) is 98.9 Å². The van der Waals surface area contributed by atoms with Crippen LogP contribution in [0.15, 0.2) is 97.1 Å². The molecule has 0 saturated carbocycles. The Hall–Kier alpha value is -3.81. The molecular formula is C35H45NO5Si. The Morgan fingerprint density at radius 2 is 1.43 bits per heavy atom. The van der Waals surface area contributed by atoms with Crippen LogP contribution in [0.2, 0.25) is 5.04 Å². The first-order valence-corrected chi connectivity index (χ1v) is 16.3. The van der Waals surface area contributed by atoms with Crippen molar-refractivity contribution in [3.8, 4) is 11.5 Å². The fourth-order valence-electron chi connectivity index (χ4n) is 5.15. The molecular weight excluding hydrogens is 542 g/mol. The van der Waals surface area contributed by atoms with Gasteiger partial charge in [0.05, 0.1) is 27.9 Å². The van der Waals surface area contributed by atoms with Crippen LogP contribution in [0.25, 0.3) is 5.70 Å². The zero-order valence-corrected chi connectivity index (χ0v) is 26.8. The lowest BCUT2D eigenvalue weighted by atomic mass is 10.1. The minimum Gasteiger partial charge on any atom is -0.493 e. The molecule has 0 aliphatic carbocycles. The summed E-state index contributed by atoms with van der Waals surface area (Å²) in [6.45, 7) is 8.16. The van der Waals surface area contributed by atoms with Crippen molar-refractivity contribution >= 4 is 30.4 Å². The Balaban J connectivity index is 1.59. The van der Waals surface area contributed by atoms with E-state index in [1.165, 1.54) is 23.6 Å². The third-order valence-electron chi connectivity index (χ3n) is 7.25. The highest BCUT2D eigenvalue weighted by molar-refractivity contribution is 6.99. The van der Waals surface area contributed by atoms with Gasteiger partial charge in [-0.3, -0.25) is 0 Å². The molecule has 0 spiro atoms. The molecule has 0 amide bonds. The predicted octanol–water partition coefficient (Wildman–Crippen LogP) is 6.11. The molecule has 0 aromatic heterocycles. The van der Waals surface area contributed by atoms with E-state index in [4.69, 9.17) is 18.6 Å². The number of ether oxygens (including phenoxy) is 3. The number of hydrogen-bond donors (Lipinski definition) is 1. The Morgan fingerprint density at radius 3 is 1.98 bits per heavy atom. The number of unbranched alkanes of at least 4 members (excludes halogenated alkanes) is 2. The minimum absolute atomic E-state index is 0.0431. The van der Waals surface area contributed by atoms with E-state index in [0.717, 1.165) is 24.8 Å². The maximum Gasteiger partial charge on any atom is 0.332 e. The molecule has 0 aliphatic rings. The zero-order chi connectivity index (χ0) is 30.4. The molecule has 0 atom stereocenters. The van der Waals surface area contributed by atoms with Crippen LogP contribution in [-0.4, -0.2) is 48.8 Å². The van der Waals surface area contributed by atoms with Gasteiger partial charge in [0.2, 0.25) is 0 Å². The van der Waals surface area contributed by atoms with Crippen molar-refractivity contribution in [1.82, 2.24) is 5.32 Å². The summed E-state index contributed by atoms with van der Waals surface area (Å²) in [5.74, 6) is 0.804.